The van der Waals surface area contributed by atoms with Crippen molar-refractivity contribution in [2.75, 3.05) is 0 Å². The first-order chi connectivity index (χ1) is 12.7. The molecule has 26 heavy (non-hydrogen) atoms. The monoisotopic (exact) mass is 385 g/mol. The minimum Gasteiger partial charge on any atom is -0.350 e. The third kappa shape index (κ3) is 7.13. The summed E-state index contributed by atoms with van der Waals surface area (Å²) in [6.07, 6.45) is 6.22. The van der Waals surface area contributed by atoms with Crippen molar-refractivity contribution in [3.63, 3.8) is 0 Å². The van der Waals surface area contributed by atoms with Gasteiger partial charge in [0.2, 0.25) is 0 Å². The van der Waals surface area contributed by atoms with Gasteiger partial charge in [-0.05, 0) is 24.0 Å². The average Bonchev–Trinajstić information content (AvgIpc) is 2.70. The van der Waals surface area contributed by atoms with Crippen LogP contribution in [-0.2, 0) is 12.3 Å². The van der Waals surface area contributed by atoms with Gasteiger partial charge in [-0.3, -0.25) is 0 Å². The Hall–Kier alpha value is -1.32. The summed E-state index contributed by atoms with van der Waals surface area (Å²) < 4.78 is 1.03. The minimum atomic E-state index is 0.525. The van der Waals surface area contributed by atoms with Crippen LogP contribution in [-0.4, -0.2) is 15.3 Å². The fourth-order valence-corrected chi connectivity index (χ4v) is 4.39. The molecule has 0 aromatic heterocycles. The summed E-state index contributed by atoms with van der Waals surface area (Å²) in [5, 5.41) is 0. The van der Waals surface area contributed by atoms with Crippen molar-refractivity contribution in [1.82, 2.24) is 4.90 Å². The lowest BCUT2D eigenvalue weighted by molar-refractivity contribution is 0.283. The van der Waals surface area contributed by atoms with Crippen LogP contribution in [0.3, 0.4) is 0 Å². The predicted octanol–water partition coefficient (Wildman–Crippen LogP) is 7.07. The van der Waals surface area contributed by atoms with Gasteiger partial charge in [0.25, 0.3) is 0 Å². The molecule has 0 aliphatic rings. The zero-order valence-corrected chi connectivity index (χ0v) is 17.7. The van der Waals surface area contributed by atoms with Gasteiger partial charge in [0.05, 0.1) is 0 Å². The van der Waals surface area contributed by atoms with Crippen molar-refractivity contribution in [3.8, 4) is 0 Å². The quantitative estimate of drug-likeness (QED) is 0.318. The van der Waals surface area contributed by atoms with E-state index in [1.54, 1.807) is 11.8 Å². The highest BCUT2D eigenvalue weighted by molar-refractivity contribution is 8.22. The maximum Gasteiger partial charge on any atom is 0.137 e. The molecular weight excluding hydrogens is 354 g/mol. The molecule has 1 atom stereocenters. The maximum atomic E-state index is 5.88. The first kappa shape index (κ1) is 21.0. The highest BCUT2D eigenvalue weighted by atomic mass is 32.2. The number of nitrogens with zero attached hydrogens (tertiary/aromatic N) is 1. The molecule has 2 aromatic carbocycles. The Morgan fingerprint density at radius 3 is 2.12 bits per heavy atom. The highest BCUT2D eigenvalue weighted by Crippen LogP contribution is 2.24. The highest BCUT2D eigenvalue weighted by Gasteiger charge is 2.20. The Morgan fingerprint density at radius 1 is 0.923 bits per heavy atom. The van der Waals surface area contributed by atoms with Crippen LogP contribution in [0.2, 0.25) is 0 Å². The van der Waals surface area contributed by atoms with E-state index in [4.69, 9.17) is 12.2 Å². The fraction of sp³-hybridized carbons (Fsp3) is 0.435. The molecule has 1 nitrogen and oxygen atoms in total. The maximum absolute atomic E-state index is 5.88. The topological polar surface area (TPSA) is 3.24 Å². The molecule has 3 heteroatoms. The molecule has 0 heterocycles. The van der Waals surface area contributed by atoms with E-state index >= 15 is 0 Å². The van der Waals surface area contributed by atoms with E-state index in [0.717, 1.165) is 23.0 Å². The van der Waals surface area contributed by atoms with E-state index in [9.17, 15) is 0 Å². The van der Waals surface area contributed by atoms with Crippen LogP contribution in [0.4, 0.5) is 0 Å². The minimum absolute atomic E-state index is 0.525. The molecule has 0 radical (unpaired) electrons. The predicted molar refractivity (Wildman–Crippen MR) is 121 cm³/mol. The summed E-state index contributed by atoms with van der Waals surface area (Å²) >= 11 is 7.68. The van der Waals surface area contributed by atoms with Crippen LogP contribution in [0.25, 0.3) is 0 Å². The van der Waals surface area contributed by atoms with Gasteiger partial charge < -0.3 is 4.90 Å². The van der Waals surface area contributed by atoms with Gasteiger partial charge in [0.15, 0.2) is 0 Å². The van der Waals surface area contributed by atoms with E-state index in [0.29, 0.717) is 6.04 Å². The third-order valence-electron chi connectivity index (χ3n) is 4.69. The number of benzene rings is 2. The van der Waals surface area contributed by atoms with Gasteiger partial charge in [-0.15, -0.1) is 0 Å². The summed E-state index contributed by atoms with van der Waals surface area (Å²) in [6.45, 7) is 5.47. The Morgan fingerprint density at radius 2 is 1.54 bits per heavy atom. The molecule has 0 aliphatic heterocycles. The zero-order valence-electron chi connectivity index (χ0n) is 16.1. The molecule has 0 fully saturated rings. The number of hydrogen-bond donors (Lipinski definition) is 0. The molecule has 0 aliphatic carbocycles. The lowest BCUT2D eigenvalue weighted by Crippen LogP contribution is -2.37. The van der Waals surface area contributed by atoms with E-state index in [-0.39, 0.29) is 0 Å². The first-order valence-electron chi connectivity index (χ1n) is 9.75. The molecule has 1 unspecified atom stereocenters. The van der Waals surface area contributed by atoms with Crippen molar-refractivity contribution in [1.29, 1.82) is 0 Å². The van der Waals surface area contributed by atoms with Crippen LogP contribution < -0.4 is 0 Å². The van der Waals surface area contributed by atoms with Crippen molar-refractivity contribution < 1.29 is 0 Å². The second-order valence-corrected chi connectivity index (χ2v) is 8.32. The van der Waals surface area contributed by atoms with Crippen molar-refractivity contribution >= 4 is 28.3 Å². The molecule has 0 amide bonds. The smallest absolute Gasteiger partial charge is 0.137 e. The first-order valence-corrected chi connectivity index (χ1v) is 11.1. The molecule has 0 N–H and O–H groups in total. The third-order valence-corrected chi connectivity index (χ3v) is 6.24. The SMILES string of the molecule is CCCCCC(CC)N(Cc1ccccc1)C(=S)SCc1ccccc1. The zero-order chi connectivity index (χ0) is 18.6. The molecule has 0 saturated heterocycles. The van der Waals surface area contributed by atoms with Gasteiger partial charge in [-0.25, -0.2) is 0 Å². The lowest BCUT2D eigenvalue weighted by atomic mass is 10.0. The number of hydrogen-bond acceptors (Lipinski definition) is 2. The molecular formula is C23H31NS2. The Labute approximate surface area is 169 Å². The molecule has 0 bridgehead atoms. The van der Waals surface area contributed by atoms with Crippen molar-refractivity contribution in [2.24, 2.45) is 0 Å². The number of rotatable bonds is 10. The Kier molecular flexibility index (Phi) is 9.80. The summed E-state index contributed by atoms with van der Waals surface area (Å²) in [6, 6.07) is 21.9. The lowest BCUT2D eigenvalue weighted by Gasteiger charge is -2.33. The van der Waals surface area contributed by atoms with E-state index < -0.39 is 0 Å². The van der Waals surface area contributed by atoms with E-state index in [2.05, 4.69) is 79.4 Å². The second-order valence-electron chi connectivity index (χ2n) is 6.71. The largest absolute Gasteiger partial charge is 0.350 e. The normalized spacial score (nSPS) is 11.9. The van der Waals surface area contributed by atoms with Crippen LogP contribution >= 0.6 is 24.0 Å². The molecule has 0 saturated carbocycles. The van der Waals surface area contributed by atoms with Gasteiger partial charge in [-0.1, -0.05) is 118 Å². The standard InChI is InChI=1S/C23H31NS2/c1-3-5-8-17-22(4-2)24(18-20-13-9-6-10-14-20)23(25)26-19-21-15-11-7-12-16-21/h6-7,9-16,22H,3-5,8,17-19H2,1-2H3. The second kappa shape index (κ2) is 12.1. The Bertz CT molecular complexity index is 627. The summed E-state index contributed by atoms with van der Waals surface area (Å²) in [7, 11) is 0. The molecule has 140 valence electrons. The van der Waals surface area contributed by atoms with Gasteiger partial charge in [0.1, 0.15) is 4.32 Å². The van der Waals surface area contributed by atoms with Crippen LogP contribution in [0.15, 0.2) is 60.7 Å². The van der Waals surface area contributed by atoms with Crippen LogP contribution in [0.1, 0.15) is 57.1 Å². The van der Waals surface area contributed by atoms with E-state index in [1.807, 2.05) is 0 Å². The number of unbranched alkanes of at least 4 members (excludes halogenated alkanes) is 2. The molecule has 0 spiro atoms. The van der Waals surface area contributed by atoms with Crippen molar-refractivity contribution in [2.45, 2.75) is 64.3 Å². The van der Waals surface area contributed by atoms with E-state index in [1.165, 1.54) is 36.8 Å². The van der Waals surface area contributed by atoms with Crippen molar-refractivity contribution in [3.05, 3.63) is 71.8 Å². The summed E-state index contributed by atoms with van der Waals surface area (Å²) in [4.78, 5) is 2.47. The fourth-order valence-electron chi connectivity index (χ4n) is 3.14. The Balaban J connectivity index is 2.05. The van der Waals surface area contributed by atoms with Gasteiger partial charge >= 0.3 is 0 Å². The van der Waals surface area contributed by atoms with Crippen LogP contribution in [0.5, 0.6) is 0 Å². The number of thiocarbonyl (C=S) groups is 1. The summed E-state index contributed by atoms with van der Waals surface area (Å²) in [5.74, 6) is 0.941. The molecule has 2 rings (SSSR count). The number of thioether (sulfide) groups is 1. The average molecular weight is 386 g/mol. The van der Waals surface area contributed by atoms with Gasteiger partial charge in [0, 0.05) is 18.3 Å². The molecule has 2 aromatic rings. The van der Waals surface area contributed by atoms with Gasteiger partial charge in [-0.2, -0.15) is 0 Å². The summed E-state index contributed by atoms with van der Waals surface area (Å²) in [5.41, 5.74) is 2.67. The van der Waals surface area contributed by atoms with Crippen LogP contribution in [0, 0.1) is 0 Å².